The molecule has 0 aromatic heterocycles. The van der Waals surface area contributed by atoms with Gasteiger partial charge < -0.3 is 9.64 Å². The number of nitriles is 1. The maximum Gasteiger partial charge on any atom is 0.410 e. The zero-order chi connectivity index (χ0) is 20.5. The van der Waals surface area contributed by atoms with Crippen molar-refractivity contribution in [2.75, 3.05) is 0 Å². The van der Waals surface area contributed by atoms with Crippen LogP contribution in [0.3, 0.4) is 0 Å². The first-order valence-electron chi connectivity index (χ1n) is 9.90. The van der Waals surface area contributed by atoms with E-state index >= 15 is 0 Å². The maximum absolute atomic E-state index is 14.4. The molecule has 0 aliphatic carbocycles. The lowest BCUT2D eigenvalue weighted by Crippen LogP contribution is -2.56. The van der Waals surface area contributed by atoms with Gasteiger partial charge in [-0.05, 0) is 70.6 Å². The highest BCUT2D eigenvalue weighted by molar-refractivity contribution is 5.98. The zero-order valence-electron chi connectivity index (χ0n) is 16.7. The van der Waals surface area contributed by atoms with Crippen molar-refractivity contribution < 1.29 is 18.7 Å². The summed E-state index contributed by atoms with van der Waals surface area (Å²) in [5.41, 5.74) is 0.0791. The molecule has 5 nitrogen and oxygen atoms in total. The molecule has 2 heterocycles. The number of rotatable bonds is 3. The van der Waals surface area contributed by atoms with Gasteiger partial charge in [0, 0.05) is 18.0 Å². The van der Waals surface area contributed by atoms with Gasteiger partial charge in [-0.25, -0.2) is 9.18 Å². The second kappa shape index (κ2) is 7.90. The molecule has 2 aliphatic rings. The Labute approximate surface area is 165 Å². The fourth-order valence-corrected chi connectivity index (χ4v) is 4.39. The van der Waals surface area contributed by atoms with Crippen LogP contribution >= 0.6 is 0 Å². The number of ether oxygens (including phenoxy) is 1. The van der Waals surface area contributed by atoms with Gasteiger partial charge in [-0.3, -0.25) is 4.79 Å². The molecule has 1 amide bonds. The number of benzene rings is 1. The van der Waals surface area contributed by atoms with Crippen LogP contribution < -0.4 is 0 Å². The Balaban J connectivity index is 1.76. The van der Waals surface area contributed by atoms with Crippen LogP contribution in [0.2, 0.25) is 0 Å². The molecule has 1 aromatic carbocycles. The standard InChI is InChI=1S/C22H27FN2O3/c1-22(2,3)28-21(27)25-16-5-4-6-17(25)13-15(12-16)20(26)18-8-7-14(9-10-24)11-19(18)23/h7-8,11,15-17H,4-6,9,12-13H2,1-3H3. The molecule has 1 aromatic rings. The van der Waals surface area contributed by atoms with E-state index in [1.807, 2.05) is 31.7 Å². The van der Waals surface area contributed by atoms with Crippen LogP contribution in [0.25, 0.3) is 0 Å². The normalized spacial score (nSPS) is 24.4. The predicted molar refractivity (Wildman–Crippen MR) is 102 cm³/mol. The lowest BCUT2D eigenvalue weighted by atomic mass is 9.75. The number of nitrogens with zero attached hydrogens (tertiary/aromatic N) is 2. The fraction of sp³-hybridized carbons (Fsp3) is 0.591. The maximum atomic E-state index is 14.4. The first-order valence-corrected chi connectivity index (χ1v) is 9.90. The second-order valence-corrected chi connectivity index (χ2v) is 8.81. The second-order valence-electron chi connectivity index (χ2n) is 8.81. The number of halogens is 1. The summed E-state index contributed by atoms with van der Waals surface area (Å²) in [6.07, 6.45) is 3.56. The summed E-state index contributed by atoms with van der Waals surface area (Å²) in [5, 5.41) is 8.74. The average Bonchev–Trinajstić information content (AvgIpc) is 2.59. The summed E-state index contributed by atoms with van der Waals surface area (Å²) in [7, 11) is 0. The molecule has 2 unspecified atom stereocenters. The summed E-state index contributed by atoms with van der Waals surface area (Å²) in [5.74, 6) is -1.08. The van der Waals surface area contributed by atoms with Crippen molar-refractivity contribution >= 4 is 11.9 Å². The molecule has 2 fully saturated rings. The van der Waals surface area contributed by atoms with Gasteiger partial charge in [0.05, 0.1) is 18.1 Å². The number of piperidine rings is 2. The van der Waals surface area contributed by atoms with E-state index in [2.05, 4.69) is 0 Å². The van der Waals surface area contributed by atoms with Crippen LogP contribution in [-0.4, -0.2) is 34.5 Å². The molecule has 0 saturated carbocycles. The summed E-state index contributed by atoms with van der Waals surface area (Å²) in [6, 6.07) is 6.28. The van der Waals surface area contributed by atoms with E-state index in [9.17, 15) is 14.0 Å². The SMILES string of the molecule is CC(C)(C)OC(=O)N1C2CCCC1CC(C(=O)c1ccc(CC#N)cc1F)C2. The molecule has 2 aliphatic heterocycles. The van der Waals surface area contributed by atoms with Gasteiger partial charge >= 0.3 is 6.09 Å². The average molecular weight is 386 g/mol. The van der Waals surface area contributed by atoms with E-state index in [4.69, 9.17) is 10.00 Å². The molecule has 0 radical (unpaired) electrons. The molecule has 2 atom stereocenters. The van der Waals surface area contributed by atoms with E-state index in [0.29, 0.717) is 18.4 Å². The molecule has 28 heavy (non-hydrogen) atoms. The lowest BCUT2D eigenvalue weighted by molar-refractivity contribution is -0.0261. The summed E-state index contributed by atoms with van der Waals surface area (Å²) >= 11 is 0. The molecule has 2 bridgehead atoms. The third-order valence-electron chi connectivity index (χ3n) is 5.53. The molecule has 3 rings (SSSR count). The van der Waals surface area contributed by atoms with Gasteiger partial charge in [-0.2, -0.15) is 5.26 Å². The van der Waals surface area contributed by atoms with Crippen LogP contribution in [0.15, 0.2) is 18.2 Å². The number of hydrogen-bond donors (Lipinski definition) is 0. The van der Waals surface area contributed by atoms with E-state index in [1.54, 1.807) is 6.07 Å². The Morgan fingerprint density at radius 1 is 1.25 bits per heavy atom. The molecular formula is C22H27FN2O3. The third kappa shape index (κ3) is 4.35. The summed E-state index contributed by atoms with van der Waals surface area (Å²) in [6.45, 7) is 5.53. The highest BCUT2D eigenvalue weighted by atomic mass is 19.1. The van der Waals surface area contributed by atoms with E-state index in [-0.39, 0.29) is 41.9 Å². The van der Waals surface area contributed by atoms with E-state index in [1.165, 1.54) is 12.1 Å². The fourth-order valence-electron chi connectivity index (χ4n) is 4.39. The van der Waals surface area contributed by atoms with Crippen LogP contribution in [0.4, 0.5) is 9.18 Å². The van der Waals surface area contributed by atoms with Gasteiger partial charge in [0.2, 0.25) is 0 Å². The molecule has 0 spiro atoms. The first kappa shape index (κ1) is 20.3. The van der Waals surface area contributed by atoms with E-state index < -0.39 is 11.4 Å². The van der Waals surface area contributed by atoms with Gasteiger partial charge in [0.15, 0.2) is 5.78 Å². The minimum Gasteiger partial charge on any atom is -0.444 e. The number of fused-ring (bicyclic) bond motifs is 2. The number of Topliss-reactive ketones (excluding diaryl/α,β-unsaturated/α-hetero) is 1. The topological polar surface area (TPSA) is 70.4 Å². The van der Waals surface area contributed by atoms with Crippen LogP contribution in [0, 0.1) is 23.1 Å². The largest absolute Gasteiger partial charge is 0.444 e. The Kier molecular flexibility index (Phi) is 5.74. The van der Waals surface area contributed by atoms with E-state index in [0.717, 1.165) is 19.3 Å². The van der Waals surface area contributed by atoms with Crippen molar-refractivity contribution in [2.45, 2.75) is 77.0 Å². The van der Waals surface area contributed by atoms with Crippen LogP contribution in [0.5, 0.6) is 0 Å². The van der Waals surface area contributed by atoms with Crippen molar-refractivity contribution in [2.24, 2.45) is 5.92 Å². The van der Waals surface area contributed by atoms with Crippen molar-refractivity contribution in [1.29, 1.82) is 5.26 Å². The molecule has 0 N–H and O–H groups in total. The van der Waals surface area contributed by atoms with Gasteiger partial charge in [-0.15, -0.1) is 0 Å². The minimum absolute atomic E-state index is 0.0442. The van der Waals surface area contributed by atoms with Crippen molar-refractivity contribution in [3.63, 3.8) is 0 Å². The Bertz CT molecular complexity index is 795. The molecule has 2 saturated heterocycles. The van der Waals surface area contributed by atoms with Crippen molar-refractivity contribution in [1.82, 2.24) is 4.90 Å². The van der Waals surface area contributed by atoms with Gasteiger partial charge in [0.25, 0.3) is 0 Å². The highest BCUT2D eigenvalue weighted by Gasteiger charge is 2.44. The van der Waals surface area contributed by atoms with Gasteiger partial charge in [0.1, 0.15) is 11.4 Å². The lowest BCUT2D eigenvalue weighted by Gasteiger charge is -2.48. The van der Waals surface area contributed by atoms with Gasteiger partial charge in [-0.1, -0.05) is 6.07 Å². The molecule has 6 heteroatoms. The smallest absolute Gasteiger partial charge is 0.410 e. The minimum atomic E-state index is -0.572. The highest BCUT2D eigenvalue weighted by Crippen LogP contribution is 2.39. The van der Waals surface area contributed by atoms with Crippen molar-refractivity contribution in [3.05, 3.63) is 35.1 Å². The van der Waals surface area contributed by atoms with Crippen molar-refractivity contribution in [3.8, 4) is 6.07 Å². The zero-order valence-corrected chi connectivity index (χ0v) is 16.7. The quantitative estimate of drug-likeness (QED) is 0.710. The Morgan fingerprint density at radius 3 is 2.43 bits per heavy atom. The number of ketones is 1. The van der Waals surface area contributed by atoms with Crippen LogP contribution in [-0.2, 0) is 11.2 Å². The number of hydrogen-bond acceptors (Lipinski definition) is 4. The van der Waals surface area contributed by atoms with Crippen LogP contribution in [0.1, 0.15) is 68.8 Å². The first-order chi connectivity index (χ1) is 13.2. The monoisotopic (exact) mass is 386 g/mol. The summed E-state index contributed by atoms with van der Waals surface area (Å²) < 4.78 is 20.0. The molecule has 150 valence electrons. The number of carbonyl (C=O) groups excluding carboxylic acids is 2. The summed E-state index contributed by atoms with van der Waals surface area (Å²) in [4.78, 5) is 27.5. The third-order valence-corrected chi connectivity index (χ3v) is 5.53. The number of carbonyl (C=O) groups is 2. The Hall–Kier alpha value is -2.42. The number of amides is 1. The predicted octanol–water partition coefficient (Wildman–Crippen LogP) is 4.64. The Morgan fingerprint density at radius 2 is 1.89 bits per heavy atom. The molecular weight excluding hydrogens is 359 g/mol.